The van der Waals surface area contributed by atoms with E-state index in [-0.39, 0.29) is 11.6 Å². The van der Waals surface area contributed by atoms with E-state index in [4.69, 9.17) is 4.74 Å². The van der Waals surface area contributed by atoms with Gasteiger partial charge in [0.15, 0.2) is 0 Å². The highest BCUT2D eigenvalue weighted by molar-refractivity contribution is 6.03. The number of halogens is 2. The quantitative estimate of drug-likeness (QED) is 0.630. The second-order valence-electron chi connectivity index (χ2n) is 6.26. The number of anilines is 2. The normalized spacial score (nSPS) is 10.5. The summed E-state index contributed by atoms with van der Waals surface area (Å²) in [7, 11) is 1.61. The number of para-hydroxylation sites is 2. The maximum atomic E-state index is 13.8. The Kier molecular flexibility index (Phi) is 6.33. The fraction of sp³-hybridized carbons (Fsp3) is 0.190. The van der Waals surface area contributed by atoms with Crippen LogP contribution in [0.5, 0.6) is 5.75 Å². The summed E-state index contributed by atoms with van der Waals surface area (Å²) < 4.78 is 32.8. The predicted molar refractivity (Wildman–Crippen MR) is 106 cm³/mol. The Balaban J connectivity index is 1.70. The number of nitrogens with one attached hydrogen (secondary N) is 2. The van der Waals surface area contributed by atoms with Crippen molar-refractivity contribution in [2.45, 2.75) is 13.3 Å². The van der Waals surface area contributed by atoms with E-state index in [1.807, 2.05) is 24.3 Å². The van der Waals surface area contributed by atoms with Crippen LogP contribution >= 0.6 is 0 Å². The largest absolute Gasteiger partial charge is 0.496 e. The molecular formula is C21H20F2N4O2. The number of carbonyl (C=O) groups is 1. The van der Waals surface area contributed by atoms with Crippen LogP contribution in [-0.2, 0) is 6.42 Å². The van der Waals surface area contributed by atoms with Crippen molar-refractivity contribution in [3.05, 3.63) is 77.1 Å². The molecule has 1 heterocycles. The molecule has 0 aliphatic heterocycles. The highest BCUT2D eigenvalue weighted by atomic mass is 19.1. The molecule has 0 atom stereocenters. The molecule has 0 saturated carbocycles. The Bertz CT molecular complexity index is 1010. The lowest BCUT2D eigenvalue weighted by atomic mass is 10.1. The zero-order valence-corrected chi connectivity index (χ0v) is 16.0. The highest BCUT2D eigenvalue weighted by Gasteiger charge is 2.16. The van der Waals surface area contributed by atoms with Crippen molar-refractivity contribution >= 4 is 17.5 Å². The van der Waals surface area contributed by atoms with Crippen molar-refractivity contribution in [1.29, 1.82) is 0 Å². The summed E-state index contributed by atoms with van der Waals surface area (Å²) in [6, 6.07) is 12.4. The first kappa shape index (κ1) is 20.2. The molecule has 1 aromatic heterocycles. The molecule has 0 aliphatic rings. The highest BCUT2D eigenvalue weighted by Crippen LogP contribution is 2.20. The zero-order valence-electron chi connectivity index (χ0n) is 16.0. The van der Waals surface area contributed by atoms with Crippen molar-refractivity contribution in [3.8, 4) is 5.75 Å². The fourth-order valence-electron chi connectivity index (χ4n) is 2.78. The summed E-state index contributed by atoms with van der Waals surface area (Å²) in [6.07, 6.45) is 0.656. The van der Waals surface area contributed by atoms with Crippen LogP contribution in [0.3, 0.4) is 0 Å². The minimum atomic E-state index is -0.862. The van der Waals surface area contributed by atoms with E-state index in [1.54, 1.807) is 14.0 Å². The average molecular weight is 398 g/mol. The second kappa shape index (κ2) is 9.09. The Morgan fingerprint density at radius 3 is 2.52 bits per heavy atom. The fourth-order valence-corrected chi connectivity index (χ4v) is 2.78. The lowest BCUT2D eigenvalue weighted by Gasteiger charge is -2.11. The number of carbonyl (C=O) groups excluding carboxylic acids is 1. The van der Waals surface area contributed by atoms with Gasteiger partial charge < -0.3 is 15.4 Å². The van der Waals surface area contributed by atoms with Gasteiger partial charge in [-0.25, -0.2) is 18.7 Å². The summed E-state index contributed by atoms with van der Waals surface area (Å²) in [4.78, 5) is 20.8. The van der Waals surface area contributed by atoms with Gasteiger partial charge in [-0.3, -0.25) is 4.79 Å². The van der Waals surface area contributed by atoms with Crippen LogP contribution in [0.4, 0.5) is 20.4 Å². The monoisotopic (exact) mass is 398 g/mol. The SMILES string of the molecule is COc1ccccc1CCNc1nc(C)cc(C(=O)Nc2c(F)cccc2F)n1. The molecule has 0 bridgehead atoms. The van der Waals surface area contributed by atoms with Crippen LogP contribution in [0, 0.1) is 18.6 Å². The topological polar surface area (TPSA) is 76.1 Å². The summed E-state index contributed by atoms with van der Waals surface area (Å²) in [5.74, 6) is -1.42. The van der Waals surface area contributed by atoms with Crippen molar-refractivity contribution in [2.24, 2.45) is 0 Å². The number of amides is 1. The molecule has 3 aromatic rings. The Morgan fingerprint density at radius 1 is 1.07 bits per heavy atom. The summed E-state index contributed by atoms with van der Waals surface area (Å²) in [5, 5.41) is 5.28. The van der Waals surface area contributed by atoms with Gasteiger partial charge in [0.05, 0.1) is 7.11 Å². The van der Waals surface area contributed by atoms with Crippen LogP contribution in [0.2, 0.25) is 0 Å². The molecule has 2 aromatic carbocycles. The minimum Gasteiger partial charge on any atom is -0.496 e. The molecule has 8 heteroatoms. The molecule has 0 fully saturated rings. The number of rotatable bonds is 7. The molecule has 0 saturated heterocycles. The van der Waals surface area contributed by atoms with Gasteiger partial charge in [0.25, 0.3) is 5.91 Å². The van der Waals surface area contributed by atoms with Gasteiger partial charge in [0.1, 0.15) is 28.8 Å². The molecule has 3 rings (SSSR count). The van der Waals surface area contributed by atoms with E-state index in [0.29, 0.717) is 18.7 Å². The predicted octanol–water partition coefficient (Wildman–Crippen LogP) is 3.98. The third kappa shape index (κ3) is 5.04. The third-order valence-corrected chi connectivity index (χ3v) is 4.16. The van der Waals surface area contributed by atoms with Gasteiger partial charge in [-0.2, -0.15) is 0 Å². The standard InChI is InChI=1S/C21H20F2N4O2/c1-13-12-17(20(28)27-19-15(22)7-5-8-16(19)23)26-21(25-13)24-11-10-14-6-3-4-9-18(14)29-2/h3-9,12H,10-11H2,1-2H3,(H,27,28)(H,24,25,26). The number of methoxy groups -OCH3 is 1. The number of benzene rings is 2. The minimum absolute atomic E-state index is 0.0000512. The lowest BCUT2D eigenvalue weighted by Crippen LogP contribution is -2.18. The Hall–Kier alpha value is -3.55. The molecule has 0 radical (unpaired) electrons. The first-order valence-corrected chi connectivity index (χ1v) is 8.94. The smallest absolute Gasteiger partial charge is 0.274 e. The maximum absolute atomic E-state index is 13.8. The molecule has 1 amide bonds. The molecule has 150 valence electrons. The number of nitrogens with zero attached hydrogens (tertiary/aromatic N) is 2. The van der Waals surface area contributed by atoms with E-state index in [1.165, 1.54) is 12.1 Å². The summed E-state index contributed by atoms with van der Waals surface area (Å²) >= 11 is 0. The van der Waals surface area contributed by atoms with E-state index < -0.39 is 23.2 Å². The first-order chi connectivity index (χ1) is 14.0. The van der Waals surface area contributed by atoms with Crippen molar-refractivity contribution in [1.82, 2.24) is 9.97 Å². The molecule has 0 spiro atoms. The zero-order chi connectivity index (χ0) is 20.8. The maximum Gasteiger partial charge on any atom is 0.274 e. The van der Waals surface area contributed by atoms with E-state index in [9.17, 15) is 13.6 Å². The van der Waals surface area contributed by atoms with Crippen LogP contribution in [0.25, 0.3) is 0 Å². The molecular weight excluding hydrogens is 378 g/mol. The third-order valence-electron chi connectivity index (χ3n) is 4.16. The van der Waals surface area contributed by atoms with Crippen molar-refractivity contribution < 1.29 is 18.3 Å². The van der Waals surface area contributed by atoms with E-state index in [2.05, 4.69) is 20.6 Å². The van der Waals surface area contributed by atoms with Crippen LogP contribution in [0.1, 0.15) is 21.7 Å². The number of aromatic nitrogens is 2. The van der Waals surface area contributed by atoms with Crippen LogP contribution in [0.15, 0.2) is 48.5 Å². The van der Waals surface area contributed by atoms with Gasteiger partial charge >= 0.3 is 0 Å². The molecule has 6 nitrogen and oxygen atoms in total. The van der Waals surface area contributed by atoms with Gasteiger partial charge in [-0.1, -0.05) is 24.3 Å². The van der Waals surface area contributed by atoms with Crippen LogP contribution in [-0.4, -0.2) is 29.5 Å². The van der Waals surface area contributed by atoms with Gasteiger partial charge in [0, 0.05) is 12.2 Å². The number of hydrogen-bond acceptors (Lipinski definition) is 5. The first-order valence-electron chi connectivity index (χ1n) is 8.94. The van der Waals surface area contributed by atoms with Crippen molar-refractivity contribution in [3.63, 3.8) is 0 Å². The molecule has 2 N–H and O–H groups in total. The van der Waals surface area contributed by atoms with Crippen LogP contribution < -0.4 is 15.4 Å². The lowest BCUT2D eigenvalue weighted by molar-refractivity contribution is 0.102. The molecule has 0 aliphatic carbocycles. The number of hydrogen-bond donors (Lipinski definition) is 2. The van der Waals surface area contributed by atoms with Gasteiger partial charge in [-0.05, 0) is 43.2 Å². The average Bonchev–Trinajstić information content (AvgIpc) is 2.70. The number of aryl methyl sites for hydroxylation is 1. The summed E-state index contributed by atoms with van der Waals surface area (Å²) in [6.45, 7) is 2.21. The Morgan fingerprint density at radius 2 is 1.79 bits per heavy atom. The van der Waals surface area contributed by atoms with E-state index >= 15 is 0 Å². The van der Waals surface area contributed by atoms with E-state index in [0.717, 1.165) is 23.4 Å². The molecule has 29 heavy (non-hydrogen) atoms. The van der Waals surface area contributed by atoms with Gasteiger partial charge in [-0.15, -0.1) is 0 Å². The Labute approximate surface area is 167 Å². The van der Waals surface area contributed by atoms with Crippen molar-refractivity contribution in [2.75, 3.05) is 24.3 Å². The second-order valence-corrected chi connectivity index (χ2v) is 6.26. The van der Waals surface area contributed by atoms with Gasteiger partial charge in [0.2, 0.25) is 5.95 Å². The number of ether oxygens (including phenoxy) is 1. The molecule has 0 unspecified atom stereocenters. The summed E-state index contributed by atoms with van der Waals surface area (Å²) in [5.41, 5.74) is 1.04.